The Hall–Kier alpha value is -1.84. The highest BCUT2D eigenvalue weighted by molar-refractivity contribution is 5.69. The van der Waals surface area contributed by atoms with Crippen LogP contribution in [0.4, 0.5) is 11.5 Å². The van der Waals surface area contributed by atoms with Gasteiger partial charge >= 0.3 is 0 Å². The van der Waals surface area contributed by atoms with Crippen molar-refractivity contribution in [3.63, 3.8) is 0 Å². The fourth-order valence-electron chi connectivity index (χ4n) is 1.54. The summed E-state index contributed by atoms with van der Waals surface area (Å²) in [7, 11) is 3.27. The summed E-state index contributed by atoms with van der Waals surface area (Å²) >= 11 is 0. The molecule has 0 saturated heterocycles. The molecule has 98 valence electrons. The van der Waals surface area contributed by atoms with E-state index in [1.807, 2.05) is 11.0 Å². The van der Waals surface area contributed by atoms with Crippen LogP contribution in [-0.4, -0.2) is 45.5 Å². The Kier molecular flexibility index (Phi) is 5.91. The number of rotatable bonds is 7. The quantitative estimate of drug-likeness (QED) is 0.764. The molecule has 0 aliphatic carbocycles. The second kappa shape index (κ2) is 7.48. The number of methoxy groups -OCH3 is 2. The van der Waals surface area contributed by atoms with E-state index in [1.165, 1.54) is 0 Å². The lowest BCUT2D eigenvalue weighted by Crippen LogP contribution is -2.32. The van der Waals surface area contributed by atoms with Gasteiger partial charge in [-0.05, 0) is 6.07 Å². The number of nitrogen functional groups attached to an aromatic ring is 1. The smallest absolute Gasteiger partial charge is 0.153 e. The Morgan fingerprint density at radius 2 is 1.94 bits per heavy atom. The molecule has 1 aromatic heterocycles. The van der Waals surface area contributed by atoms with Crippen LogP contribution in [0.2, 0.25) is 0 Å². The maximum absolute atomic E-state index is 8.95. The third-order valence-corrected chi connectivity index (χ3v) is 2.52. The molecule has 0 atom stereocenters. The van der Waals surface area contributed by atoms with Gasteiger partial charge in [0.05, 0.1) is 24.5 Å². The first kappa shape index (κ1) is 14.2. The van der Waals surface area contributed by atoms with E-state index >= 15 is 0 Å². The molecule has 6 heteroatoms. The molecule has 1 heterocycles. The number of nitrogens with two attached hydrogens (primary N) is 1. The van der Waals surface area contributed by atoms with Crippen LogP contribution in [0, 0.1) is 11.3 Å². The van der Waals surface area contributed by atoms with E-state index in [9.17, 15) is 0 Å². The molecule has 0 amide bonds. The Bertz CT molecular complexity index is 409. The number of nitrogens with zero attached hydrogens (tertiary/aromatic N) is 3. The fourth-order valence-corrected chi connectivity index (χ4v) is 1.54. The first-order valence-electron chi connectivity index (χ1n) is 5.62. The van der Waals surface area contributed by atoms with Crippen LogP contribution in [0.1, 0.15) is 5.56 Å². The molecular formula is C12H18N4O2. The average molecular weight is 250 g/mol. The zero-order valence-corrected chi connectivity index (χ0v) is 10.7. The minimum atomic E-state index is 0.396. The van der Waals surface area contributed by atoms with Gasteiger partial charge in [-0.25, -0.2) is 4.98 Å². The van der Waals surface area contributed by atoms with Crippen molar-refractivity contribution >= 4 is 11.5 Å². The van der Waals surface area contributed by atoms with Crippen molar-refractivity contribution in [1.82, 2.24) is 4.98 Å². The molecule has 0 radical (unpaired) electrons. The van der Waals surface area contributed by atoms with Crippen LogP contribution in [-0.2, 0) is 9.47 Å². The SMILES string of the molecule is COCCN(CCOC)c1nccc(C#N)c1N. The third-order valence-electron chi connectivity index (χ3n) is 2.52. The molecule has 0 aliphatic heterocycles. The average Bonchev–Trinajstić information content (AvgIpc) is 2.40. The Balaban J connectivity index is 2.93. The third kappa shape index (κ3) is 3.58. The lowest BCUT2D eigenvalue weighted by Gasteiger charge is -2.24. The molecule has 0 aliphatic rings. The second-order valence-corrected chi connectivity index (χ2v) is 3.68. The van der Waals surface area contributed by atoms with Crippen LogP contribution in [0.15, 0.2) is 12.3 Å². The van der Waals surface area contributed by atoms with Gasteiger partial charge in [0.2, 0.25) is 0 Å². The predicted octanol–water partition coefficient (Wildman–Crippen LogP) is 0.635. The van der Waals surface area contributed by atoms with E-state index in [2.05, 4.69) is 4.98 Å². The molecule has 1 aromatic rings. The van der Waals surface area contributed by atoms with Crippen molar-refractivity contribution in [3.8, 4) is 6.07 Å². The Labute approximate surface area is 107 Å². The number of hydrogen-bond donors (Lipinski definition) is 1. The molecular weight excluding hydrogens is 232 g/mol. The monoisotopic (exact) mass is 250 g/mol. The van der Waals surface area contributed by atoms with E-state index in [4.69, 9.17) is 20.5 Å². The molecule has 0 unspecified atom stereocenters. The van der Waals surface area contributed by atoms with Crippen molar-refractivity contribution in [2.45, 2.75) is 0 Å². The van der Waals surface area contributed by atoms with Gasteiger partial charge < -0.3 is 20.1 Å². The highest BCUT2D eigenvalue weighted by Gasteiger charge is 2.13. The summed E-state index contributed by atoms with van der Waals surface area (Å²) in [6.45, 7) is 2.40. The number of ether oxygens (including phenoxy) is 2. The molecule has 18 heavy (non-hydrogen) atoms. The van der Waals surface area contributed by atoms with Gasteiger partial charge in [-0.15, -0.1) is 0 Å². The molecule has 0 aromatic carbocycles. The van der Waals surface area contributed by atoms with E-state index < -0.39 is 0 Å². The molecule has 0 saturated carbocycles. The maximum atomic E-state index is 8.95. The Morgan fingerprint density at radius 3 is 2.44 bits per heavy atom. The van der Waals surface area contributed by atoms with Crippen molar-refractivity contribution in [2.75, 3.05) is 51.2 Å². The fraction of sp³-hybridized carbons (Fsp3) is 0.500. The first-order chi connectivity index (χ1) is 8.74. The van der Waals surface area contributed by atoms with Crippen molar-refractivity contribution < 1.29 is 9.47 Å². The summed E-state index contributed by atoms with van der Waals surface area (Å²) in [6.07, 6.45) is 1.58. The highest BCUT2D eigenvalue weighted by Crippen LogP contribution is 2.23. The van der Waals surface area contributed by atoms with Crippen LogP contribution >= 0.6 is 0 Å². The van der Waals surface area contributed by atoms with Gasteiger partial charge in [0.1, 0.15) is 6.07 Å². The molecule has 0 fully saturated rings. The van der Waals surface area contributed by atoms with Crippen LogP contribution in [0.5, 0.6) is 0 Å². The Morgan fingerprint density at radius 1 is 1.33 bits per heavy atom. The van der Waals surface area contributed by atoms with E-state index in [0.717, 1.165) is 0 Å². The number of pyridine rings is 1. The first-order valence-corrected chi connectivity index (χ1v) is 5.62. The van der Waals surface area contributed by atoms with Gasteiger partial charge in [-0.1, -0.05) is 0 Å². The van der Waals surface area contributed by atoms with Crippen LogP contribution in [0.25, 0.3) is 0 Å². The van der Waals surface area contributed by atoms with Crippen molar-refractivity contribution in [2.24, 2.45) is 0 Å². The number of anilines is 2. The topological polar surface area (TPSA) is 84.4 Å². The summed E-state index contributed by atoms with van der Waals surface area (Å²) < 4.78 is 10.1. The lowest BCUT2D eigenvalue weighted by molar-refractivity contribution is 0.190. The largest absolute Gasteiger partial charge is 0.395 e. The number of nitriles is 1. The van der Waals surface area contributed by atoms with Gasteiger partial charge in [-0.2, -0.15) is 5.26 Å². The summed E-state index contributed by atoms with van der Waals surface area (Å²) in [5, 5.41) is 8.95. The number of aromatic nitrogens is 1. The highest BCUT2D eigenvalue weighted by atomic mass is 16.5. The van der Waals surface area contributed by atoms with Crippen LogP contribution in [0.3, 0.4) is 0 Å². The normalized spacial score (nSPS) is 10.1. The molecule has 0 spiro atoms. The summed E-state index contributed by atoms with van der Waals surface area (Å²) in [6, 6.07) is 3.65. The predicted molar refractivity (Wildman–Crippen MR) is 69.3 cm³/mol. The number of hydrogen-bond acceptors (Lipinski definition) is 6. The minimum Gasteiger partial charge on any atom is -0.395 e. The van der Waals surface area contributed by atoms with Crippen molar-refractivity contribution in [1.29, 1.82) is 5.26 Å². The van der Waals surface area contributed by atoms with Crippen LogP contribution < -0.4 is 10.6 Å². The zero-order valence-electron chi connectivity index (χ0n) is 10.7. The molecule has 6 nitrogen and oxygen atoms in total. The zero-order chi connectivity index (χ0) is 13.4. The van der Waals surface area contributed by atoms with Crippen molar-refractivity contribution in [3.05, 3.63) is 17.8 Å². The van der Waals surface area contributed by atoms with E-state index in [0.29, 0.717) is 43.4 Å². The summed E-state index contributed by atoms with van der Waals surface area (Å²) in [5.41, 5.74) is 6.76. The summed E-state index contributed by atoms with van der Waals surface area (Å²) in [4.78, 5) is 6.18. The maximum Gasteiger partial charge on any atom is 0.153 e. The van der Waals surface area contributed by atoms with Gasteiger partial charge in [-0.3, -0.25) is 0 Å². The van der Waals surface area contributed by atoms with Gasteiger partial charge in [0.25, 0.3) is 0 Å². The van der Waals surface area contributed by atoms with Gasteiger partial charge in [0, 0.05) is 33.5 Å². The van der Waals surface area contributed by atoms with Gasteiger partial charge in [0.15, 0.2) is 5.82 Å². The molecule has 2 N–H and O–H groups in total. The minimum absolute atomic E-state index is 0.396. The van der Waals surface area contributed by atoms with E-state index in [1.54, 1.807) is 26.5 Å². The lowest BCUT2D eigenvalue weighted by atomic mass is 10.2. The molecule has 1 rings (SSSR count). The summed E-state index contributed by atoms with van der Waals surface area (Å²) in [5.74, 6) is 0.600. The standard InChI is InChI=1S/C12H18N4O2/c1-17-7-5-16(6-8-18-2)12-11(14)10(9-13)3-4-15-12/h3-4H,5-8,14H2,1-2H3. The van der Waals surface area contributed by atoms with E-state index in [-0.39, 0.29) is 0 Å². The second-order valence-electron chi connectivity index (χ2n) is 3.68. The molecule has 0 bridgehead atoms.